The van der Waals surface area contributed by atoms with Crippen molar-refractivity contribution < 1.29 is 0 Å². The monoisotopic (exact) mass is 320 g/mol. The molecular formula is C23H44. The molecule has 1 aromatic carbocycles. The quantitative estimate of drug-likeness (QED) is 0.488. The van der Waals surface area contributed by atoms with Gasteiger partial charge in [0.15, 0.2) is 0 Å². The highest BCUT2D eigenvalue weighted by molar-refractivity contribution is 5.78. The lowest BCUT2D eigenvalue weighted by Gasteiger charge is -2.08. The lowest BCUT2D eigenvalue weighted by atomic mass is 9.97. The van der Waals surface area contributed by atoms with E-state index in [1.54, 1.807) is 6.08 Å². The molecule has 23 heavy (non-hydrogen) atoms. The van der Waals surface area contributed by atoms with Crippen molar-refractivity contribution in [3.8, 4) is 0 Å². The van der Waals surface area contributed by atoms with Gasteiger partial charge in [-0.3, -0.25) is 0 Å². The van der Waals surface area contributed by atoms with Crippen molar-refractivity contribution in [3.05, 3.63) is 65.8 Å². The van der Waals surface area contributed by atoms with Gasteiger partial charge in [-0.05, 0) is 37.5 Å². The van der Waals surface area contributed by atoms with Crippen LogP contribution in [-0.4, -0.2) is 0 Å². The van der Waals surface area contributed by atoms with Gasteiger partial charge in [-0.15, -0.1) is 0 Å². The van der Waals surface area contributed by atoms with Crippen molar-refractivity contribution in [3.63, 3.8) is 0 Å². The van der Waals surface area contributed by atoms with E-state index in [9.17, 15) is 0 Å². The molecule has 0 spiro atoms. The zero-order chi connectivity index (χ0) is 17.3. The lowest BCUT2D eigenvalue weighted by molar-refractivity contribution is 1.36. The molecule has 0 radical (unpaired) electrons. The zero-order valence-corrected chi connectivity index (χ0v) is 15.7. The highest BCUT2D eigenvalue weighted by Gasteiger charge is 2.02. The van der Waals surface area contributed by atoms with Gasteiger partial charge >= 0.3 is 0 Å². The average Bonchev–Trinajstić information content (AvgIpc) is 2.55. The minimum atomic E-state index is 0. The predicted molar refractivity (Wildman–Crippen MR) is 116 cm³/mol. The molecule has 0 N–H and O–H groups in total. The van der Waals surface area contributed by atoms with E-state index in [1.807, 2.05) is 47.6 Å². The Morgan fingerprint density at radius 1 is 0.870 bits per heavy atom. The highest BCUT2D eigenvalue weighted by atomic mass is 14.1. The Balaban J connectivity index is -0.000000121. The molecule has 0 amide bonds. The number of hydrogen-bond donors (Lipinski definition) is 0. The van der Waals surface area contributed by atoms with Crippen LogP contribution in [0.4, 0.5) is 0 Å². The summed E-state index contributed by atoms with van der Waals surface area (Å²) in [6, 6.07) is 8.44. The Morgan fingerprint density at radius 3 is 1.65 bits per heavy atom. The molecule has 0 heteroatoms. The summed E-state index contributed by atoms with van der Waals surface area (Å²) in [7, 11) is 0. The van der Waals surface area contributed by atoms with E-state index in [1.165, 1.54) is 22.3 Å². The Kier molecular flexibility index (Phi) is 36.6. The van der Waals surface area contributed by atoms with E-state index in [2.05, 4.69) is 57.7 Å². The fourth-order valence-corrected chi connectivity index (χ4v) is 1.57. The summed E-state index contributed by atoms with van der Waals surface area (Å²) >= 11 is 0. The van der Waals surface area contributed by atoms with Crippen molar-refractivity contribution in [2.75, 3.05) is 0 Å². The molecule has 0 bridgehead atoms. The predicted octanol–water partition coefficient (Wildman–Crippen LogP) is 8.88. The van der Waals surface area contributed by atoms with E-state index < -0.39 is 0 Å². The Labute approximate surface area is 149 Å². The molecule has 0 saturated heterocycles. The standard InChI is InChI=1S/C15H18.3C2H6.2CH4/c1-5-6-10-14(12(2)3)15-11-8-7-9-13(15)4;3*1-2;;/h5-11H,1H2,2-4H3;3*1-2H3;2*1H4/b10-6-;;;;;. The first-order chi connectivity index (χ1) is 10.2. The Bertz CT molecular complexity index is 402. The van der Waals surface area contributed by atoms with Gasteiger partial charge in [0.1, 0.15) is 0 Å². The van der Waals surface area contributed by atoms with E-state index in [4.69, 9.17) is 0 Å². The van der Waals surface area contributed by atoms with Crippen LogP contribution in [-0.2, 0) is 0 Å². The molecule has 0 aliphatic carbocycles. The van der Waals surface area contributed by atoms with Crippen LogP contribution in [0, 0.1) is 6.92 Å². The van der Waals surface area contributed by atoms with Gasteiger partial charge in [0, 0.05) is 0 Å². The second-order valence-corrected chi connectivity index (χ2v) is 3.82. The third-order valence-corrected chi connectivity index (χ3v) is 2.37. The van der Waals surface area contributed by atoms with Crippen molar-refractivity contribution in [1.82, 2.24) is 0 Å². The van der Waals surface area contributed by atoms with Crippen LogP contribution in [0.1, 0.15) is 81.4 Å². The molecule has 0 fully saturated rings. The molecule has 0 nitrogen and oxygen atoms in total. The number of allylic oxidation sites excluding steroid dienone is 5. The molecular weight excluding hydrogens is 276 g/mol. The molecule has 136 valence electrons. The molecule has 0 aromatic heterocycles. The van der Waals surface area contributed by atoms with E-state index in [0.29, 0.717) is 0 Å². The van der Waals surface area contributed by atoms with Crippen molar-refractivity contribution in [1.29, 1.82) is 0 Å². The molecule has 0 aliphatic rings. The number of rotatable bonds is 3. The fourth-order valence-electron chi connectivity index (χ4n) is 1.57. The maximum Gasteiger partial charge on any atom is -0.0155 e. The molecule has 0 heterocycles. The smallest absolute Gasteiger partial charge is 0.0155 e. The van der Waals surface area contributed by atoms with Gasteiger partial charge in [0.05, 0.1) is 0 Å². The van der Waals surface area contributed by atoms with Crippen LogP contribution in [0.3, 0.4) is 0 Å². The summed E-state index contributed by atoms with van der Waals surface area (Å²) < 4.78 is 0. The van der Waals surface area contributed by atoms with Crippen molar-refractivity contribution in [2.45, 2.75) is 77.2 Å². The normalized spacial score (nSPS) is 7.52. The summed E-state index contributed by atoms with van der Waals surface area (Å²) in [6.45, 7) is 22.1. The molecule has 1 aromatic rings. The van der Waals surface area contributed by atoms with E-state index >= 15 is 0 Å². The van der Waals surface area contributed by atoms with Crippen LogP contribution in [0.5, 0.6) is 0 Å². The molecule has 0 aliphatic heterocycles. The first-order valence-corrected chi connectivity index (χ1v) is 8.19. The van der Waals surface area contributed by atoms with Crippen LogP contribution in [0.25, 0.3) is 5.57 Å². The summed E-state index contributed by atoms with van der Waals surface area (Å²) in [5.41, 5.74) is 5.22. The van der Waals surface area contributed by atoms with Crippen LogP contribution in [0.15, 0.2) is 54.6 Å². The molecule has 1 rings (SSSR count). The lowest BCUT2D eigenvalue weighted by Crippen LogP contribution is -1.88. The maximum absolute atomic E-state index is 3.70. The van der Waals surface area contributed by atoms with Gasteiger partial charge in [0.2, 0.25) is 0 Å². The van der Waals surface area contributed by atoms with E-state index in [-0.39, 0.29) is 14.9 Å². The summed E-state index contributed by atoms with van der Waals surface area (Å²) in [6.07, 6.45) is 5.90. The van der Waals surface area contributed by atoms with Gasteiger partial charge in [0.25, 0.3) is 0 Å². The van der Waals surface area contributed by atoms with Gasteiger partial charge in [-0.25, -0.2) is 0 Å². The first-order valence-electron chi connectivity index (χ1n) is 8.19. The van der Waals surface area contributed by atoms with Crippen molar-refractivity contribution in [2.24, 2.45) is 0 Å². The SMILES string of the molecule is C.C.C=C/C=C\C(=C(C)C)c1ccccc1C.CC.CC.CC. The first kappa shape index (κ1) is 33.1. The topological polar surface area (TPSA) is 0 Å². The van der Waals surface area contributed by atoms with Crippen molar-refractivity contribution >= 4 is 5.57 Å². The summed E-state index contributed by atoms with van der Waals surface area (Å²) in [4.78, 5) is 0. The van der Waals surface area contributed by atoms with E-state index in [0.717, 1.165) is 0 Å². The maximum atomic E-state index is 3.70. The molecule has 0 atom stereocenters. The minimum absolute atomic E-state index is 0. The number of hydrogen-bond acceptors (Lipinski definition) is 0. The summed E-state index contributed by atoms with van der Waals surface area (Å²) in [5, 5.41) is 0. The largest absolute Gasteiger partial charge is 0.0991 e. The fraction of sp³-hybridized carbons (Fsp3) is 0.478. The van der Waals surface area contributed by atoms with Gasteiger partial charge in [-0.1, -0.05) is 111 Å². The third-order valence-electron chi connectivity index (χ3n) is 2.37. The summed E-state index contributed by atoms with van der Waals surface area (Å²) in [5.74, 6) is 0. The average molecular weight is 321 g/mol. The van der Waals surface area contributed by atoms with Gasteiger partial charge < -0.3 is 0 Å². The third kappa shape index (κ3) is 15.1. The minimum Gasteiger partial charge on any atom is -0.0991 e. The van der Waals surface area contributed by atoms with Crippen LogP contribution < -0.4 is 0 Å². The Hall–Kier alpha value is -1.56. The molecule has 0 unspecified atom stereocenters. The Morgan fingerprint density at radius 2 is 1.30 bits per heavy atom. The second-order valence-electron chi connectivity index (χ2n) is 3.82. The van der Waals surface area contributed by atoms with Crippen LogP contribution in [0.2, 0.25) is 0 Å². The highest BCUT2D eigenvalue weighted by Crippen LogP contribution is 2.23. The van der Waals surface area contributed by atoms with Gasteiger partial charge in [-0.2, -0.15) is 0 Å². The van der Waals surface area contributed by atoms with Crippen LogP contribution >= 0.6 is 0 Å². The molecule has 0 saturated carbocycles. The number of aryl methyl sites for hydroxylation is 1. The number of benzene rings is 1. The zero-order valence-electron chi connectivity index (χ0n) is 15.7. The second kappa shape index (κ2) is 25.4.